The molecule has 0 saturated heterocycles. The Balaban J connectivity index is 3.17. The van der Waals surface area contributed by atoms with Crippen LogP contribution < -0.4 is 5.73 Å². The smallest absolute Gasteiger partial charge is 0.155 e. The van der Waals surface area contributed by atoms with Crippen molar-refractivity contribution in [3.05, 3.63) is 41.5 Å². The molecular weight excluding hydrogens is 174 g/mol. The van der Waals surface area contributed by atoms with Gasteiger partial charge >= 0.3 is 0 Å². The topological polar surface area (TPSA) is 43.1 Å². The first kappa shape index (κ1) is 10.7. The summed E-state index contributed by atoms with van der Waals surface area (Å²) in [4.78, 5) is 11.2. The molecule has 0 amide bonds. The summed E-state index contributed by atoms with van der Waals surface area (Å²) in [7, 11) is 0. The van der Waals surface area contributed by atoms with E-state index in [9.17, 15) is 4.79 Å². The van der Waals surface area contributed by atoms with Gasteiger partial charge in [-0.25, -0.2) is 0 Å². The lowest BCUT2D eigenvalue weighted by Crippen LogP contribution is -2.07. The molecule has 0 aliphatic heterocycles. The minimum Gasteiger partial charge on any atom is -0.326 e. The zero-order valence-electron chi connectivity index (χ0n) is 8.58. The molecule has 1 aromatic carbocycles. The first-order valence-corrected chi connectivity index (χ1v) is 4.63. The lowest BCUT2D eigenvalue weighted by molar-refractivity contribution is -0.113. The summed E-state index contributed by atoms with van der Waals surface area (Å²) in [5.41, 5.74) is 8.34. The zero-order chi connectivity index (χ0) is 10.6. The number of hydrogen-bond acceptors (Lipinski definition) is 2. The second kappa shape index (κ2) is 4.72. The number of allylic oxidation sites excluding steroid dienone is 1. The maximum Gasteiger partial charge on any atom is 0.155 e. The summed E-state index contributed by atoms with van der Waals surface area (Å²) in [6.07, 6.45) is 0. The first-order valence-electron chi connectivity index (χ1n) is 4.63. The lowest BCUT2D eigenvalue weighted by atomic mass is 9.99. The highest BCUT2D eigenvalue weighted by Gasteiger charge is 2.06. The van der Waals surface area contributed by atoms with Gasteiger partial charge in [-0.1, -0.05) is 30.3 Å². The molecule has 0 saturated carbocycles. The predicted molar refractivity (Wildman–Crippen MR) is 58.8 cm³/mol. The van der Waals surface area contributed by atoms with Crippen molar-refractivity contribution in [1.82, 2.24) is 0 Å². The fourth-order valence-corrected chi connectivity index (χ4v) is 1.34. The third kappa shape index (κ3) is 2.30. The molecule has 0 unspecified atom stereocenters. The van der Waals surface area contributed by atoms with Crippen molar-refractivity contribution in [3.8, 4) is 0 Å². The van der Waals surface area contributed by atoms with Crippen LogP contribution in [-0.2, 0) is 4.79 Å². The van der Waals surface area contributed by atoms with Crippen LogP contribution in [0.25, 0.3) is 5.57 Å². The van der Waals surface area contributed by atoms with Crippen LogP contribution >= 0.6 is 0 Å². The van der Waals surface area contributed by atoms with Gasteiger partial charge in [-0.3, -0.25) is 4.79 Å². The zero-order valence-corrected chi connectivity index (χ0v) is 8.58. The molecule has 0 heterocycles. The van der Waals surface area contributed by atoms with E-state index in [1.165, 1.54) is 0 Å². The SMILES string of the molecule is CC(=O)/C(C)=C(/CN)c1ccccc1. The number of hydrogen-bond donors (Lipinski definition) is 1. The van der Waals surface area contributed by atoms with Crippen LogP contribution in [0.1, 0.15) is 19.4 Å². The van der Waals surface area contributed by atoms with Crippen molar-refractivity contribution in [2.75, 3.05) is 6.54 Å². The van der Waals surface area contributed by atoms with E-state index in [1.807, 2.05) is 37.3 Å². The summed E-state index contributed by atoms with van der Waals surface area (Å²) >= 11 is 0. The molecule has 0 aliphatic carbocycles. The van der Waals surface area contributed by atoms with Crippen LogP contribution in [-0.4, -0.2) is 12.3 Å². The average molecular weight is 189 g/mol. The standard InChI is InChI=1S/C12H15NO/c1-9(10(2)14)12(8-13)11-6-4-3-5-7-11/h3-7H,8,13H2,1-2H3/b12-9-. The Bertz CT molecular complexity index is 352. The van der Waals surface area contributed by atoms with E-state index in [4.69, 9.17) is 5.73 Å². The third-order valence-corrected chi connectivity index (χ3v) is 2.31. The Hall–Kier alpha value is -1.41. The maximum atomic E-state index is 11.2. The second-order valence-corrected chi connectivity index (χ2v) is 3.23. The van der Waals surface area contributed by atoms with Gasteiger partial charge in [0.2, 0.25) is 0 Å². The van der Waals surface area contributed by atoms with Gasteiger partial charge in [0, 0.05) is 6.54 Å². The molecule has 2 heteroatoms. The summed E-state index contributed by atoms with van der Waals surface area (Å²) in [6.45, 7) is 3.78. The molecule has 0 radical (unpaired) electrons. The van der Waals surface area contributed by atoms with Gasteiger partial charge in [-0.15, -0.1) is 0 Å². The van der Waals surface area contributed by atoms with Crippen molar-refractivity contribution >= 4 is 11.4 Å². The monoisotopic (exact) mass is 189 g/mol. The van der Waals surface area contributed by atoms with Crippen molar-refractivity contribution in [1.29, 1.82) is 0 Å². The number of rotatable bonds is 3. The van der Waals surface area contributed by atoms with Crippen LogP contribution in [0, 0.1) is 0 Å². The number of carbonyl (C=O) groups is 1. The number of benzene rings is 1. The highest BCUT2D eigenvalue weighted by Crippen LogP contribution is 2.17. The molecule has 2 N–H and O–H groups in total. The molecule has 14 heavy (non-hydrogen) atoms. The van der Waals surface area contributed by atoms with E-state index >= 15 is 0 Å². The van der Waals surface area contributed by atoms with E-state index in [0.29, 0.717) is 6.54 Å². The van der Waals surface area contributed by atoms with Crippen LogP contribution in [0.4, 0.5) is 0 Å². The van der Waals surface area contributed by atoms with Crippen LogP contribution in [0.5, 0.6) is 0 Å². The van der Waals surface area contributed by atoms with E-state index in [2.05, 4.69) is 0 Å². The van der Waals surface area contributed by atoms with E-state index in [1.54, 1.807) is 6.92 Å². The maximum absolute atomic E-state index is 11.2. The van der Waals surface area contributed by atoms with Gasteiger partial charge in [0.05, 0.1) is 0 Å². The quantitative estimate of drug-likeness (QED) is 0.739. The van der Waals surface area contributed by atoms with Gasteiger partial charge in [0.1, 0.15) is 0 Å². The van der Waals surface area contributed by atoms with Crippen LogP contribution in [0.15, 0.2) is 35.9 Å². The largest absolute Gasteiger partial charge is 0.326 e. The third-order valence-electron chi connectivity index (χ3n) is 2.31. The summed E-state index contributed by atoms with van der Waals surface area (Å²) in [5.74, 6) is 0.0781. The van der Waals surface area contributed by atoms with Gasteiger partial charge in [0.15, 0.2) is 5.78 Å². The Labute approximate surface area is 84.4 Å². The molecule has 2 nitrogen and oxygen atoms in total. The van der Waals surface area contributed by atoms with E-state index in [0.717, 1.165) is 16.7 Å². The fraction of sp³-hybridized carbons (Fsp3) is 0.250. The number of nitrogens with two attached hydrogens (primary N) is 1. The molecule has 1 aromatic rings. The van der Waals surface area contributed by atoms with Crippen molar-refractivity contribution < 1.29 is 4.79 Å². The molecule has 74 valence electrons. The van der Waals surface area contributed by atoms with Crippen molar-refractivity contribution in [2.24, 2.45) is 5.73 Å². The van der Waals surface area contributed by atoms with E-state index < -0.39 is 0 Å². The van der Waals surface area contributed by atoms with Crippen molar-refractivity contribution in [2.45, 2.75) is 13.8 Å². The van der Waals surface area contributed by atoms with Gasteiger partial charge in [0.25, 0.3) is 0 Å². The second-order valence-electron chi connectivity index (χ2n) is 3.23. The molecule has 0 atom stereocenters. The number of carbonyl (C=O) groups excluding carboxylic acids is 1. The number of ketones is 1. The summed E-state index contributed by atoms with van der Waals surface area (Å²) in [5, 5.41) is 0. The lowest BCUT2D eigenvalue weighted by Gasteiger charge is -2.07. The van der Waals surface area contributed by atoms with Gasteiger partial charge in [-0.05, 0) is 30.6 Å². The Morgan fingerprint density at radius 2 is 1.79 bits per heavy atom. The Morgan fingerprint density at radius 1 is 1.21 bits per heavy atom. The van der Waals surface area contributed by atoms with Gasteiger partial charge < -0.3 is 5.73 Å². The Morgan fingerprint density at radius 3 is 2.21 bits per heavy atom. The molecule has 0 bridgehead atoms. The van der Waals surface area contributed by atoms with Gasteiger partial charge in [-0.2, -0.15) is 0 Å². The molecule has 0 aromatic heterocycles. The molecule has 0 aliphatic rings. The minimum atomic E-state index is 0.0781. The highest BCUT2D eigenvalue weighted by molar-refractivity contribution is 6.00. The fourth-order valence-electron chi connectivity index (χ4n) is 1.34. The van der Waals surface area contributed by atoms with Crippen LogP contribution in [0.3, 0.4) is 0 Å². The molecule has 0 fully saturated rings. The molecule has 1 rings (SSSR count). The Kier molecular flexibility index (Phi) is 3.60. The average Bonchev–Trinajstić information content (AvgIpc) is 2.20. The van der Waals surface area contributed by atoms with E-state index in [-0.39, 0.29) is 5.78 Å². The first-order chi connectivity index (χ1) is 6.66. The normalized spacial score (nSPS) is 12.2. The summed E-state index contributed by atoms with van der Waals surface area (Å²) in [6, 6.07) is 9.76. The molecule has 0 spiro atoms. The highest BCUT2D eigenvalue weighted by atomic mass is 16.1. The summed E-state index contributed by atoms with van der Waals surface area (Å²) < 4.78 is 0. The minimum absolute atomic E-state index is 0.0781. The number of Topliss-reactive ketones (excluding diaryl/α,β-unsaturated/α-hetero) is 1. The van der Waals surface area contributed by atoms with Crippen molar-refractivity contribution in [3.63, 3.8) is 0 Å². The predicted octanol–water partition coefficient (Wildman–Crippen LogP) is 2.01. The molecular formula is C12H15NO. The van der Waals surface area contributed by atoms with Crippen LogP contribution in [0.2, 0.25) is 0 Å².